The molecular weight excluding hydrogens is 494 g/mol. The van der Waals surface area contributed by atoms with Crippen molar-refractivity contribution < 1.29 is 24.2 Å². The number of amides is 2. The second-order valence-electron chi connectivity index (χ2n) is 9.97. The molecule has 39 heavy (non-hydrogen) atoms. The number of benzene rings is 3. The van der Waals surface area contributed by atoms with Crippen molar-refractivity contribution >= 4 is 34.3 Å². The molecule has 1 aromatic heterocycles. The quantitative estimate of drug-likeness (QED) is 0.316. The van der Waals surface area contributed by atoms with Crippen LogP contribution in [0.3, 0.4) is 0 Å². The number of ether oxygens (including phenoxy) is 2. The molecule has 8 nitrogen and oxygen atoms in total. The predicted octanol–water partition coefficient (Wildman–Crippen LogP) is 6.35. The van der Waals surface area contributed by atoms with Crippen LogP contribution in [0, 0.1) is 5.92 Å². The van der Waals surface area contributed by atoms with Gasteiger partial charge in [0.25, 0.3) is 0 Å². The number of carbonyl (C=O) groups excluding carboxylic acids is 1. The lowest BCUT2D eigenvalue weighted by molar-refractivity contribution is -0.143. The number of hydrogen-bond acceptors (Lipinski definition) is 5. The Labute approximate surface area is 226 Å². The molecule has 0 saturated heterocycles. The molecule has 0 unspecified atom stereocenters. The summed E-state index contributed by atoms with van der Waals surface area (Å²) < 4.78 is 12.0. The molecule has 0 bridgehead atoms. The van der Waals surface area contributed by atoms with Crippen LogP contribution < -0.4 is 19.7 Å². The second-order valence-corrected chi connectivity index (χ2v) is 9.97. The summed E-state index contributed by atoms with van der Waals surface area (Å²) in [6.07, 6.45) is 2.71. The van der Waals surface area contributed by atoms with Crippen molar-refractivity contribution in [1.82, 2.24) is 4.98 Å². The Bertz CT molecular complexity index is 1520. The molecule has 1 fully saturated rings. The second kappa shape index (κ2) is 10.6. The van der Waals surface area contributed by atoms with Crippen molar-refractivity contribution in [2.45, 2.75) is 31.8 Å². The van der Waals surface area contributed by atoms with E-state index in [1.165, 1.54) is 0 Å². The van der Waals surface area contributed by atoms with Gasteiger partial charge in [-0.25, -0.2) is 9.78 Å². The maximum atomic E-state index is 12.9. The SMILES string of the molecule is O=C(O)C1CCC(Oc2ccc3cc(-c4ccc5c(c4)OCCN5C(=O)Nc4ccccc4)ccc3n2)CC1. The van der Waals surface area contributed by atoms with Gasteiger partial charge in [0.1, 0.15) is 18.5 Å². The molecule has 1 aliphatic carbocycles. The zero-order valence-corrected chi connectivity index (χ0v) is 21.4. The molecule has 2 amide bonds. The molecule has 6 rings (SSSR count). The van der Waals surface area contributed by atoms with E-state index in [9.17, 15) is 14.7 Å². The van der Waals surface area contributed by atoms with Crippen LogP contribution >= 0.6 is 0 Å². The molecule has 198 valence electrons. The fourth-order valence-electron chi connectivity index (χ4n) is 5.27. The van der Waals surface area contributed by atoms with E-state index in [0.717, 1.165) is 46.2 Å². The Kier molecular flexibility index (Phi) is 6.75. The summed E-state index contributed by atoms with van der Waals surface area (Å²) in [6.45, 7) is 0.888. The van der Waals surface area contributed by atoms with E-state index in [1.54, 1.807) is 4.90 Å². The molecule has 4 aromatic rings. The van der Waals surface area contributed by atoms with E-state index in [4.69, 9.17) is 9.47 Å². The normalized spacial score (nSPS) is 18.6. The minimum absolute atomic E-state index is 0.00495. The first-order valence-electron chi connectivity index (χ1n) is 13.2. The largest absolute Gasteiger partial charge is 0.490 e. The zero-order valence-electron chi connectivity index (χ0n) is 21.4. The topological polar surface area (TPSA) is 101 Å². The summed E-state index contributed by atoms with van der Waals surface area (Å²) in [7, 11) is 0. The van der Waals surface area contributed by atoms with Gasteiger partial charge in [-0.2, -0.15) is 0 Å². The average molecular weight is 524 g/mol. The number of pyridine rings is 1. The zero-order chi connectivity index (χ0) is 26.8. The first-order chi connectivity index (χ1) is 19.0. The van der Waals surface area contributed by atoms with Crippen LogP contribution in [0.25, 0.3) is 22.0 Å². The van der Waals surface area contributed by atoms with Gasteiger partial charge in [-0.15, -0.1) is 0 Å². The number of aromatic nitrogens is 1. The van der Waals surface area contributed by atoms with E-state index < -0.39 is 5.97 Å². The number of urea groups is 1. The molecule has 0 spiro atoms. The fourth-order valence-corrected chi connectivity index (χ4v) is 5.27. The Hall–Kier alpha value is -4.59. The lowest BCUT2D eigenvalue weighted by atomic mass is 9.87. The van der Waals surface area contributed by atoms with E-state index in [2.05, 4.69) is 16.4 Å². The summed E-state index contributed by atoms with van der Waals surface area (Å²) >= 11 is 0. The Morgan fingerprint density at radius 1 is 0.923 bits per heavy atom. The maximum absolute atomic E-state index is 12.9. The first kappa shape index (κ1) is 24.7. The van der Waals surface area contributed by atoms with E-state index in [-0.39, 0.29) is 18.1 Å². The van der Waals surface area contributed by atoms with Crippen molar-refractivity contribution in [2.75, 3.05) is 23.4 Å². The van der Waals surface area contributed by atoms with E-state index in [0.29, 0.717) is 37.6 Å². The van der Waals surface area contributed by atoms with Crippen LogP contribution in [0.1, 0.15) is 25.7 Å². The van der Waals surface area contributed by atoms with Gasteiger partial charge < -0.3 is 19.9 Å². The summed E-state index contributed by atoms with van der Waals surface area (Å²) in [5.74, 6) is 0.243. The molecule has 1 saturated carbocycles. The summed E-state index contributed by atoms with van der Waals surface area (Å²) in [6, 6.07) is 25.0. The molecule has 2 N–H and O–H groups in total. The maximum Gasteiger partial charge on any atom is 0.326 e. The van der Waals surface area contributed by atoms with Crippen molar-refractivity contribution in [3.05, 3.63) is 78.9 Å². The third-order valence-corrected chi connectivity index (χ3v) is 7.40. The van der Waals surface area contributed by atoms with Gasteiger partial charge in [0.2, 0.25) is 5.88 Å². The van der Waals surface area contributed by atoms with Gasteiger partial charge >= 0.3 is 12.0 Å². The minimum Gasteiger partial charge on any atom is -0.490 e. The number of carbonyl (C=O) groups is 2. The lowest BCUT2D eigenvalue weighted by Crippen LogP contribution is -2.40. The Balaban J connectivity index is 1.17. The molecule has 2 heterocycles. The number of carboxylic acids is 1. The molecule has 8 heteroatoms. The Morgan fingerprint density at radius 2 is 1.69 bits per heavy atom. The van der Waals surface area contributed by atoms with Crippen molar-refractivity contribution in [3.8, 4) is 22.8 Å². The van der Waals surface area contributed by atoms with Crippen LogP contribution in [-0.4, -0.2) is 41.3 Å². The molecule has 0 atom stereocenters. The van der Waals surface area contributed by atoms with Gasteiger partial charge in [0, 0.05) is 17.1 Å². The summed E-state index contributed by atoms with van der Waals surface area (Å²) in [5.41, 5.74) is 4.31. The van der Waals surface area contributed by atoms with Crippen molar-refractivity contribution in [1.29, 1.82) is 0 Å². The number of fused-ring (bicyclic) bond motifs is 2. The number of rotatable bonds is 5. The van der Waals surface area contributed by atoms with Gasteiger partial charge in [-0.05, 0) is 79.3 Å². The molecular formula is C31H29N3O5. The van der Waals surface area contributed by atoms with Crippen molar-refractivity contribution in [2.24, 2.45) is 5.92 Å². The standard InChI is InChI=1S/C31H29N3O5/c35-30(36)20-6-11-25(12-7-20)39-29-15-10-23-18-21(8-13-26(23)33-29)22-9-14-27-28(19-22)38-17-16-34(27)31(37)32-24-4-2-1-3-5-24/h1-5,8-10,13-15,18-20,25H,6-7,11-12,16-17H2,(H,32,37)(H,35,36). The highest BCUT2D eigenvalue weighted by Crippen LogP contribution is 2.37. The third kappa shape index (κ3) is 5.36. The first-order valence-corrected chi connectivity index (χ1v) is 13.2. The third-order valence-electron chi connectivity index (χ3n) is 7.40. The van der Waals surface area contributed by atoms with Crippen LogP contribution in [0.4, 0.5) is 16.2 Å². The minimum atomic E-state index is -0.718. The highest BCUT2D eigenvalue weighted by Gasteiger charge is 2.27. The van der Waals surface area contributed by atoms with Gasteiger partial charge in [0.05, 0.1) is 23.7 Å². The number of para-hydroxylation sites is 1. The smallest absolute Gasteiger partial charge is 0.326 e. The predicted molar refractivity (Wildman–Crippen MR) is 149 cm³/mol. The molecule has 1 aliphatic heterocycles. The highest BCUT2D eigenvalue weighted by atomic mass is 16.5. The summed E-state index contributed by atoms with van der Waals surface area (Å²) in [5, 5.41) is 13.1. The van der Waals surface area contributed by atoms with Crippen LogP contribution in [0.2, 0.25) is 0 Å². The van der Waals surface area contributed by atoms with Crippen LogP contribution in [0.15, 0.2) is 78.9 Å². The highest BCUT2D eigenvalue weighted by molar-refractivity contribution is 6.03. The fraction of sp³-hybridized carbons (Fsp3) is 0.258. The molecule has 2 aliphatic rings. The molecule has 3 aromatic carbocycles. The number of nitrogens with zero attached hydrogens (tertiary/aromatic N) is 2. The number of nitrogens with one attached hydrogen (secondary N) is 1. The van der Waals surface area contributed by atoms with Gasteiger partial charge in [-0.1, -0.05) is 30.3 Å². The van der Waals surface area contributed by atoms with Crippen molar-refractivity contribution in [3.63, 3.8) is 0 Å². The monoisotopic (exact) mass is 523 g/mol. The number of carboxylic acid groups (broad SMARTS) is 1. The van der Waals surface area contributed by atoms with Gasteiger partial charge in [0.15, 0.2) is 0 Å². The number of aliphatic carboxylic acids is 1. The van der Waals surface area contributed by atoms with Gasteiger partial charge in [-0.3, -0.25) is 9.69 Å². The van der Waals surface area contributed by atoms with Crippen LogP contribution in [0.5, 0.6) is 11.6 Å². The Morgan fingerprint density at radius 3 is 2.49 bits per heavy atom. The van der Waals surface area contributed by atoms with E-state index >= 15 is 0 Å². The average Bonchev–Trinajstić information content (AvgIpc) is 2.97. The van der Waals surface area contributed by atoms with E-state index in [1.807, 2.05) is 72.8 Å². The van der Waals surface area contributed by atoms with Crippen LogP contribution in [-0.2, 0) is 4.79 Å². The number of hydrogen-bond donors (Lipinski definition) is 2. The summed E-state index contributed by atoms with van der Waals surface area (Å²) in [4.78, 5) is 30.5. The molecule has 0 radical (unpaired) electrons. The lowest BCUT2D eigenvalue weighted by Gasteiger charge is -2.30. The number of anilines is 2.